The zero-order valence-electron chi connectivity index (χ0n) is 3.92. The summed E-state index contributed by atoms with van der Waals surface area (Å²) < 4.78 is 4.15. The molecule has 46 valence electrons. The molecule has 0 aromatic carbocycles. The first-order chi connectivity index (χ1) is 2.41. The summed E-state index contributed by atoms with van der Waals surface area (Å²) in [4.78, 5) is 9.18. The Morgan fingerprint density at radius 3 is 2.00 bits per heavy atom. The van der Waals surface area contributed by atoms with E-state index in [1.807, 2.05) is 0 Å². The maximum atomic E-state index is 9.18. The lowest BCUT2D eigenvalue weighted by atomic mass is 10.9. The summed E-state index contributed by atoms with van der Waals surface area (Å²) in [5.74, 6) is 0. The van der Waals surface area contributed by atoms with Crippen LogP contribution in [0.15, 0.2) is 0 Å². The smallest absolute Gasteiger partial charge is 0.293 e. The van der Waals surface area contributed by atoms with E-state index in [4.69, 9.17) is 0 Å². The predicted octanol–water partition coefficient (Wildman–Crippen LogP) is 1.02. The molecule has 0 aromatic heterocycles. The van der Waals surface area contributed by atoms with Gasteiger partial charge in [0.1, 0.15) is 0 Å². The van der Waals surface area contributed by atoms with Crippen LogP contribution in [0.1, 0.15) is 6.92 Å². The molecule has 0 fully saturated rings. The van der Waals surface area contributed by atoms with Crippen LogP contribution in [-0.2, 0) is 9.53 Å². The van der Waals surface area contributed by atoms with Gasteiger partial charge in [0.2, 0.25) is 0 Å². The summed E-state index contributed by atoms with van der Waals surface area (Å²) in [5, 5.41) is 0. The van der Waals surface area contributed by atoms with E-state index in [9.17, 15) is 4.79 Å². The number of hydrogen-bond donors (Lipinski definition) is 0. The molecule has 0 aromatic rings. The van der Waals surface area contributed by atoms with E-state index < -0.39 is 0 Å². The molecule has 2 nitrogen and oxygen atoms in total. The van der Waals surface area contributed by atoms with Gasteiger partial charge in [-0.1, -0.05) is 0 Å². The Morgan fingerprint density at radius 1 is 1.57 bits per heavy atom. The van der Waals surface area contributed by atoms with Gasteiger partial charge in [-0.3, -0.25) is 4.79 Å². The second-order valence-electron chi connectivity index (χ2n) is 0.552. The third kappa shape index (κ3) is 23.6. The van der Waals surface area contributed by atoms with Gasteiger partial charge in [-0.15, -0.1) is 24.8 Å². The second kappa shape index (κ2) is 16.6. The summed E-state index contributed by atoms with van der Waals surface area (Å²) in [5.41, 5.74) is 0. The molecule has 0 spiro atoms. The Labute approximate surface area is 55.1 Å². The zero-order chi connectivity index (χ0) is 4.12. The van der Waals surface area contributed by atoms with Gasteiger partial charge in [-0.25, -0.2) is 0 Å². The van der Waals surface area contributed by atoms with Gasteiger partial charge >= 0.3 is 0 Å². The monoisotopic (exact) mass is 146 g/mol. The first kappa shape index (κ1) is 15.7. The lowest BCUT2D eigenvalue weighted by Gasteiger charge is -1.79. The van der Waals surface area contributed by atoms with Gasteiger partial charge in [0.05, 0.1) is 6.61 Å². The Hall–Kier alpha value is 0.0500. The zero-order valence-corrected chi connectivity index (χ0v) is 5.55. The van der Waals surface area contributed by atoms with E-state index >= 15 is 0 Å². The van der Waals surface area contributed by atoms with Crippen molar-refractivity contribution in [3.05, 3.63) is 0 Å². The molecule has 0 rings (SSSR count). The molecule has 0 heterocycles. The maximum absolute atomic E-state index is 9.18. The van der Waals surface area contributed by atoms with Crippen molar-refractivity contribution in [3.8, 4) is 0 Å². The number of carbonyl (C=O) groups excluding carboxylic acids is 1. The summed E-state index contributed by atoms with van der Waals surface area (Å²) >= 11 is 0. The molecule has 0 aliphatic rings. The van der Waals surface area contributed by atoms with E-state index in [1.165, 1.54) is 0 Å². The number of rotatable bonds is 2. The topological polar surface area (TPSA) is 26.3 Å². The van der Waals surface area contributed by atoms with Crippen molar-refractivity contribution in [2.45, 2.75) is 6.92 Å². The van der Waals surface area contributed by atoms with Crippen LogP contribution in [0.4, 0.5) is 0 Å². The fraction of sp³-hybridized carbons (Fsp3) is 0.667. The highest BCUT2D eigenvalue weighted by Crippen LogP contribution is 1.55. The highest BCUT2D eigenvalue weighted by molar-refractivity contribution is 5.85. The van der Waals surface area contributed by atoms with E-state index in [-0.39, 0.29) is 24.8 Å². The van der Waals surface area contributed by atoms with Gasteiger partial charge in [-0.05, 0) is 6.92 Å². The summed E-state index contributed by atoms with van der Waals surface area (Å²) in [6.07, 6.45) is 0. The number of ether oxygens (including phenoxy) is 1. The van der Waals surface area contributed by atoms with E-state index in [0.717, 1.165) is 0 Å². The van der Waals surface area contributed by atoms with Crippen LogP contribution in [-0.4, -0.2) is 13.1 Å². The van der Waals surface area contributed by atoms with Gasteiger partial charge in [-0.2, -0.15) is 0 Å². The van der Waals surface area contributed by atoms with Gasteiger partial charge in [0.15, 0.2) is 0 Å². The van der Waals surface area contributed by atoms with Crippen LogP contribution in [0.3, 0.4) is 0 Å². The van der Waals surface area contributed by atoms with Crippen molar-refractivity contribution in [1.29, 1.82) is 0 Å². The first-order valence-electron chi connectivity index (χ1n) is 1.47. The Kier molecular flexibility index (Phi) is 37.3. The van der Waals surface area contributed by atoms with E-state index in [1.54, 1.807) is 6.92 Å². The molecule has 0 N–H and O–H groups in total. The van der Waals surface area contributed by atoms with Crippen LogP contribution in [0.5, 0.6) is 0 Å². The van der Waals surface area contributed by atoms with E-state index in [0.29, 0.717) is 13.1 Å². The summed E-state index contributed by atoms with van der Waals surface area (Å²) in [7, 11) is 0. The highest BCUT2D eigenvalue weighted by Gasteiger charge is 1.60. The lowest BCUT2D eigenvalue weighted by Crippen LogP contribution is -1.80. The maximum Gasteiger partial charge on any atom is 0.293 e. The molecule has 4 heteroatoms. The molecule has 0 saturated carbocycles. The van der Waals surface area contributed by atoms with Gasteiger partial charge in [0, 0.05) is 0 Å². The van der Waals surface area contributed by atoms with Crippen LogP contribution in [0.25, 0.3) is 0 Å². The molecule has 0 radical (unpaired) electrons. The molecule has 0 bridgehead atoms. The van der Waals surface area contributed by atoms with Crippen molar-refractivity contribution in [3.63, 3.8) is 0 Å². The standard InChI is InChI=1S/C3H6O2.2ClH/c1-2-5-3-4;;/h3H,2H2,1H3;2*1H. The van der Waals surface area contributed by atoms with Crippen LogP contribution in [0, 0.1) is 0 Å². The van der Waals surface area contributed by atoms with E-state index in [2.05, 4.69) is 4.74 Å². The number of hydrogen-bond acceptors (Lipinski definition) is 2. The molecule has 0 unspecified atom stereocenters. The second-order valence-corrected chi connectivity index (χ2v) is 0.552. The fourth-order valence-electron chi connectivity index (χ4n) is 0.0680. The molecular weight excluding hydrogens is 139 g/mol. The Balaban J connectivity index is -0.0000000800. The lowest BCUT2D eigenvalue weighted by molar-refractivity contribution is -0.128. The summed E-state index contributed by atoms with van der Waals surface area (Å²) in [6, 6.07) is 0. The molecule has 0 atom stereocenters. The van der Waals surface area contributed by atoms with Gasteiger partial charge < -0.3 is 4.74 Å². The minimum atomic E-state index is 0. The van der Waals surface area contributed by atoms with Gasteiger partial charge in [0.25, 0.3) is 6.47 Å². The Bertz CT molecular complexity index is 32.1. The van der Waals surface area contributed by atoms with Crippen molar-refractivity contribution in [1.82, 2.24) is 0 Å². The third-order valence-electron chi connectivity index (χ3n) is 0.235. The Morgan fingerprint density at radius 2 is 2.00 bits per heavy atom. The van der Waals surface area contributed by atoms with Crippen LogP contribution in [0.2, 0.25) is 0 Å². The molecule has 0 aliphatic heterocycles. The van der Waals surface area contributed by atoms with Crippen molar-refractivity contribution >= 4 is 31.3 Å². The average Bonchev–Trinajstić information content (AvgIpc) is 1.41. The quantitative estimate of drug-likeness (QED) is 0.545. The average molecular weight is 147 g/mol. The predicted molar refractivity (Wildman–Crippen MR) is 32.2 cm³/mol. The largest absolute Gasteiger partial charge is 0.468 e. The minimum absolute atomic E-state index is 0. The minimum Gasteiger partial charge on any atom is -0.468 e. The number of carbonyl (C=O) groups is 1. The van der Waals surface area contributed by atoms with Crippen LogP contribution < -0.4 is 0 Å². The van der Waals surface area contributed by atoms with Crippen molar-refractivity contribution < 1.29 is 9.53 Å². The third-order valence-corrected chi connectivity index (χ3v) is 0.235. The van der Waals surface area contributed by atoms with Crippen molar-refractivity contribution in [2.75, 3.05) is 6.61 Å². The highest BCUT2D eigenvalue weighted by atomic mass is 35.5. The number of halogens is 2. The molecule has 0 saturated heterocycles. The van der Waals surface area contributed by atoms with Crippen molar-refractivity contribution in [2.24, 2.45) is 0 Å². The fourth-order valence-corrected chi connectivity index (χ4v) is 0.0680. The molecular formula is C3H8Cl2O2. The van der Waals surface area contributed by atoms with Crippen LogP contribution >= 0.6 is 24.8 Å². The molecule has 7 heavy (non-hydrogen) atoms. The SMILES string of the molecule is CCOC=O.Cl.Cl. The normalized spacial score (nSPS) is 4.71. The molecule has 0 amide bonds. The first-order valence-corrected chi connectivity index (χ1v) is 1.47. The molecule has 0 aliphatic carbocycles. The summed E-state index contributed by atoms with van der Waals surface area (Å²) in [6.45, 7) is 2.66.